The number of nitrogens with zero attached hydrogens (tertiary/aromatic N) is 1. The third-order valence-corrected chi connectivity index (χ3v) is 3.40. The Morgan fingerprint density at radius 2 is 1.83 bits per heavy atom. The average molecular weight is 234 g/mol. The van der Waals surface area contributed by atoms with Gasteiger partial charge in [-0.25, -0.2) is 0 Å². The van der Waals surface area contributed by atoms with Gasteiger partial charge in [0, 0.05) is 10.8 Å². The molecule has 0 fully saturated rings. The van der Waals surface area contributed by atoms with Crippen molar-refractivity contribution in [1.82, 2.24) is 10.2 Å². The minimum absolute atomic E-state index is 0.320. The Bertz CT molecular complexity index is 893. The summed E-state index contributed by atoms with van der Waals surface area (Å²) in [6.45, 7) is 0. The van der Waals surface area contributed by atoms with E-state index in [1.807, 2.05) is 18.2 Å². The van der Waals surface area contributed by atoms with E-state index in [1.165, 1.54) is 0 Å². The number of H-pyrrole nitrogens is 1. The number of aromatic amines is 1. The molecule has 1 aromatic heterocycles. The maximum Gasteiger partial charge on any atom is 0.124 e. The summed E-state index contributed by atoms with van der Waals surface area (Å²) in [6.07, 6.45) is 1.80. The van der Waals surface area contributed by atoms with Crippen molar-refractivity contribution in [3.8, 4) is 5.75 Å². The predicted octanol–water partition coefficient (Wildman–Crippen LogP) is 3.57. The Labute approximate surface area is 103 Å². The summed E-state index contributed by atoms with van der Waals surface area (Å²) < 4.78 is 0. The van der Waals surface area contributed by atoms with Gasteiger partial charge >= 0.3 is 0 Å². The van der Waals surface area contributed by atoms with Crippen molar-refractivity contribution in [2.24, 2.45) is 0 Å². The maximum absolute atomic E-state index is 10.1. The number of nitrogens with one attached hydrogen (secondary N) is 1. The van der Waals surface area contributed by atoms with Gasteiger partial charge < -0.3 is 5.11 Å². The molecular formula is C15H10N2O. The van der Waals surface area contributed by atoms with Crippen LogP contribution in [0.2, 0.25) is 0 Å². The molecule has 0 spiro atoms. The number of hydrogen-bond acceptors (Lipinski definition) is 2. The van der Waals surface area contributed by atoms with Crippen LogP contribution in [0.4, 0.5) is 0 Å². The monoisotopic (exact) mass is 234 g/mol. The highest BCUT2D eigenvalue weighted by atomic mass is 16.3. The molecule has 0 unspecified atom stereocenters. The predicted molar refractivity (Wildman–Crippen MR) is 72.8 cm³/mol. The fraction of sp³-hybridized carbons (Fsp3) is 0. The molecule has 0 amide bonds. The Morgan fingerprint density at radius 3 is 2.78 bits per heavy atom. The van der Waals surface area contributed by atoms with Crippen LogP contribution in [0.25, 0.3) is 32.4 Å². The third kappa shape index (κ3) is 1.16. The van der Waals surface area contributed by atoms with Crippen molar-refractivity contribution in [1.29, 1.82) is 0 Å². The zero-order valence-corrected chi connectivity index (χ0v) is 9.51. The van der Waals surface area contributed by atoms with Crippen LogP contribution in [0.1, 0.15) is 0 Å². The van der Waals surface area contributed by atoms with E-state index in [4.69, 9.17) is 0 Å². The molecule has 0 bridgehead atoms. The Morgan fingerprint density at radius 1 is 0.944 bits per heavy atom. The molecule has 0 radical (unpaired) electrons. The van der Waals surface area contributed by atoms with Crippen LogP contribution in [0.5, 0.6) is 5.75 Å². The first kappa shape index (κ1) is 9.48. The molecular weight excluding hydrogens is 224 g/mol. The molecule has 4 aromatic rings. The summed E-state index contributed by atoms with van der Waals surface area (Å²) in [5, 5.41) is 22.2. The first-order chi connectivity index (χ1) is 8.83. The SMILES string of the molecule is Oc1cccc2ccc3cc4[nH]ncc4cc3c12. The molecule has 18 heavy (non-hydrogen) atoms. The lowest BCUT2D eigenvalue weighted by Gasteiger charge is -2.06. The number of benzene rings is 3. The second-order valence-corrected chi connectivity index (χ2v) is 4.47. The quantitative estimate of drug-likeness (QED) is 0.457. The summed E-state index contributed by atoms with van der Waals surface area (Å²) in [5.41, 5.74) is 1.01. The summed E-state index contributed by atoms with van der Waals surface area (Å²) in [7, 11) is 0. The summed E-state index contributed by atoms with van der Waals surface area (Å²) in [6, 6.07) is 13.8. The molecule has 0 aliphatic heterocycles. The van der Waals surface area contributed by atoms with Crippen molar-refractivity contribution in [2.75, 3.05) is 0 Å². The molecule has 0 atom stereocenters. The molecule has 3 nitrogen and oxygen atoms in total. The Balaban J connectivity index is 2.32. The van der Waals surface area contributed by atoms with Crippen LogP contribution in [-0.2, 0) is 0 Å². The lowest BCUT2D eigenvalue weighted by molar-refractivity contribution is 0.482. The van der Waals surface area contributed by atoms with Crippen molar-refractivity contribution >= 4 is 32.4 Å². The number of phenolic OH excluding ortho intramolecular Hbond substituents is 1. The summed E-state index contributed by atoms with van der Waals surface area (Å²) >= 11 is 0. The first-order valence-electron chi connectivity index (χ1n) is 5.80. The highest BCUT2D eigenvalue weighted by molar-refractivity contribution is 6.13. The van der Waals surface area contributed by atoms with E-state index in [2.05, 4.69) is 28.4 Å². The van der Waals surface area contributed by atoms with Gasteiger partial charge in [0.25, 0.3) is 0 Å². The largest absolute Gasteiger partial charge is 0.507 e. The van der Waals surface area contributed by atoms with Gasteiger partial charge in [-0.1, -0.05) is 24.3 Å². The fourth-order valence-electron chi connectivity index (χ4n) is 2.53. The van der Waals surface area contributed by atoms with Gasteiger partial charge in [-0.2, -0.15) is 5.10 Å². The van der Waals surface area contributed by atoms with E-state index in [1.54, 1.807) is 12.3 Å². The van der Waals surface area contributed by atoms with E-state index in [0.29, 0.717) is 5.75 Å². The standard InChI is InChI=1S/C15H10N2O/c18-14-3-1-2-9-4-5-10-7-13-11(8-16-17-13)6-12(10)15(9)14/h1-8,18H,(H,16,17). The average Bonchev–Trinajstić information content (AvgIpc) is 2.83. The van der Waals surface area contributed by atoms with Crippen LogP contribution >= 0.6 is 0 Å². The van der Waals surface area contributed by atoms with E-state index < -0.39 is 0 Å². The van der Waals surface area contributed by atoms with E-state index >= 15 is 0 Å². The molecule has 0 aliphatic rings. The fourth-order valence-corrected chi connectivity index (χ4v) is 2.53. The zero-order valence-electron chi connectivity index (χ0n) is 9.51. The lowest BCUT2D eigenvalue weighted by Crippen LogP contribution is -1.79. The number of phenols is 1. The summed E-state index contributed by atoms with van der Waals surface area (Å²) in [4.78, 5) is 0. The number of aromatic hydroxyl groups is 1. The minimum Gasteiger partial charge on any atom is -0.507 e. The molecule has 0 saturated carbocycles. The van der Waals surface area contributed by atoms with Gasteiger partial charge in [0.15, 0.2) is 0 Å². The second-order valence-electron chi connectivity index (χ2n) is 4.47. The van der Waals surface area contributed by atoms with E-state index in [-0.39, 0.29) is 0 Å². The summed E-state index contributed by atoms with van der Waals surface area (Å²) in [5.74, 6) is 0.320. The van der Waals surface area contributed by atoms with Crippen molar-refractivity contribution in [3.63, 3.8) is 0 Å². The molecule has 2 N–H and O–H groups in total. The van der Waals surface area contributed by atoms with Crippen molar-refractivity contribution in [2.45, 2.75) is 0 Å². The second kappa shape index (κ2) is 3.23. The van der Waals surface area contributed by atoms with Crippen LogP contribution in [0, 0.1) is 0 Å². The molecule has 86 valence electrons. The zero-order chi connectivity index (χ0) is 12.1. The first-order valence-corrected chi connectivity index (χ1v) is 5.80. The van der Waals surface area contributed by atoms with Gasteiger partial charge in [-0.05, 0) is 34.4 Å². The van der Waals surface area contributed by atoms with E-state index in [9.17, 15) is 5.11 Å². The van der Waals surface area contributed by atoms with Gasteiger partial charge in [-0.15, -0.1) is 0 Å². The number of fused-ring (bicyclic) bond motifs is 4. The number of aromatic nitrogens is 2. The molecule has 4 rings (SSSR count). The van der Waals surface area contributed by atoms with Crippen molar-refractivity contribution < 1.29 is 5.11 Å². The number of hydrogen-bond donors (Lipinski definition) is 2. The number of rotatable bonds is 0. The van der Waals surface area contributed by atoms with E-state index in [0.717, 1.165) is 32.4 Å². The topological polar surface area (TPSA) is 48.9 Å². The maximum atomic E-state index is 10.1. The molecule has 0 saturated heterocycles. The Hall–Kier alpha value is -2.55. The normalized spacial score (nSPS) is 11.6. The van der Waals surface area contributed by atoms with Crippen LogP contribution in [-0.4, -0.2) is 15.3 Å². The third-order valence-electron chi connectivity index (χ3n) is 3.40. The lowest BCUT2D eigenvalue weighted by atomic mass is 10.00. The van der Waals surface area contributed by atoms with Crippen LogP contribution in [0.3, 0.4) is 0 Å². The highest BCUT2D eigenvalue weighted by Gasteiger charge is 2.06. The molecule has 3 heteroatoms. The van der Waals surface area contributed by atoms with Crippen LogP contribution < -0.4 is 0 Å². The molecule has 3 aromatic carbocycles. The smallest absolute Gasteiger partial charge is 0.124 e. The van der Waals surface area contributed by atoms with Gasteiger partial charge in [0.2, 0.25) is 0 Å². The Kier molecular flexibility index (Phi) is 1.70. The molecule has 1 heterocycles. The van der Waals surface area contributed by atoms with Crippen molar-refractivity contribution in [3.05, 3.63) is 48.7 Å². The van der Waals surface area contributed by atoms with Crippen LogP contribution in [0.15, 0.2) is 48.7 Å². The molecule has 0 aliphatic carbocycles. The highest BCUT2D eigenvalue weighted by Crippen LogP contribution is 2.33. The van der Waals surface area contributed by atoms with Gasteiger partial charge in [-0.3, -0.25) is 5.10 Å². The minimum atomic E-state index is 0.320. The van der Waals surface area contributed by atoms with Gasteiger partial charge in [0.1, 0.15) is 5.75 Å². The van der Waals surface area contributed by atoms with Gasteiger partial charge in [0.05, 0.1) is 11.7 Å².